The number of amides is 1. The van der Waals surface area contributed by atoms with Gasteiger partial charge in [-0.25, -0.2) is 0 Å². The molecule has 1 aliphatic heterocycles. The molecular formula is C14H20BrClN2O. The van der Waals surface area contributed by atoms with Gasteiger partial charge in [-0.1, -0.05) is 35.0 Å². The number of rotatable bonds is 4. The van der Waals surface area contributed by atoms with Crippen LogP contribution < -0.4 is 10.6 Å². The second kappa shape index (κ2) is 7.27. The number of hydrogen-bond donors (Lipinski definition) is 2. The van der Waals surface area contributed by atoms with Crippen LogP contribution in [0.5, 0.6) is 0 Å². The topological polar surface area (TPSA) is 41.1 Å². The molecule has 0 bridgehead atoms. The molecule has 1 amide bonds. The molecule has 0 aliphatic carbocycles. The van der Waals surface area contributed by atoms with Crippen molar-refractivity contribution in [1.82, 2.24) is 10.6 Å². The summed E-state index contributed by atoms with van der Waals surface area (Å²) in [5, 5.41) is 6.29. The minimum atomic E-state index is 0. The molecule has 0 aromatic heterocycles. The Morgan fingerprint density at radius 3 is 2.37 bits per heavy atom. The van der Waals surface area contributed by atoms with Crippen LogP contribution in [-0.2, 0) is 4.79 Å². The van der Waals surface area contributed by atoms with Gasteiger partial charge in [0.25, 0.3) is 0 Å². The van der Waals surface area contributed by atoms with Crippen LogP contribution >= 0.6 is 28.3 Å². The monoisotopic (exact) mass is 346 g/mol. The smallest absolute Gasteiger partial charge is 0.223 e. The highest BCUT2D eigenvalue weighted by Gasteiger charge is 2.29. The van der Waals surface area contributed by atoms with Gasteiger partial charge in [0, 0.05) is 10.4 Å². The summed E-state index contributed by atoms with van der Waals surface area (Å²) in [7, 11) is 0. The molecule has 1 aromatic carbocycles. The van der Waals surface area contributed by atoms with Crippen molar-refractivity contribution in [1.29, 1.82) is 0 Å². The molecule has 1 saturated heterocycles. The van der Waals surface area contributed by atoms with Crippen LogP contribution in [0.4, 0.5) is 0 Å². The fraction of sp³-hybridized carbons (Fsp3) is 0.500. The predicted octanol–water partition coefficient (Wildman–Crippen LogP) is 2.90. The zero-order valence-corrected chi connectivity index (χ0v) is 13.6. The minimum absolute atomic E-state index is 0. The summed E-state index contributed by atoms with van der Waals surface area (Å²) in [5.74, 6) is 0.725. The summed E-state index contributed by atoms with van der Waals surface area (Å²) < 4.78 is 1.05. The number of carbonyl (C=O) groups is 1. The second-order valence-electron chi connectivity index (χ2n) is 4.99. The summed E-state index contributed by atoms with van der Waals surface area (Å²) in [6, 6.07) is 8.12. The van der Waals surface area contributed by atoms with Crippen LogP contribution in [0.3, 0.4) is 0 Å². The lowest BCUT2D eigenvalue weighted by atomic mass is 9.88. The number of benzene rings is 1. The van der Waals surface area contributed by atoms with Crippen molar-refractivity contribution in [2.45, 2.75) is 19.9 Å². The number of carbonyl (C=O) groups excluding carboxylic acids is 1. The third-order valence-corrected chi connectivity index (χ3v) is 4.19. The Morgan fingerprint density at radius 2 is 1.89 bits per heavy atom. The van der Waals surface area contributed by atoms with E-state index >= 15 is 0 Å². The Balaban J connectivity index is 0.00000180. The standard InChI is InChI=1S/C14H19BrN2O.ClH/c1-9(12-7-16-8-12)14(18)17-10(2)11-3-5-13(15)6-4-11;/h3-6,9-10,12,16H,7-8H2,1-2H3,(H,17,18);1H. The lowest BCUT2D eigenvalue weighted by Crippen LogP contribution is -2.49. The zero-order chi connectivity index (χ0) is 13.1. The molecule has 19 heavy (non-hydrogen) atoms. The molecule has 2 rings (SSSR count). The van der Waals surface area contributed by atoms with E-state index in [4.69, 9.17) is 0 Å². The molecule has 106 valence electrons. The van der Waals surface area contributed by atoms with E-state index in [1.165, 1.54) is 0 Å². The van der Waals surface area contributed by atoms with Crippen LogP contribution in [0, 0.1) is 11.8 Å². The maximum Gasteiger partial charge on any atom is 0.223 e. The first-order chi connectivity index (χ1) is 8.58. The first kappa shape index (κ1) is 16.5. The van der Waals surface area contributed by atoms with Gasteiger partial charge in [0.05, 0.1) is 6.04 Å². The Hall–Kier alpha value is -0.580. The Labute approximate surface area is 129 Å². The molecule has 0 saturated carbocycles. The fourth-order valence-corrected chi connectivity index (χ4v) is 2.32. The molecule has 3 nitrogen and oxygen atoms in total. The highest BCUT2D eigenvalue weighted by Crippen LogP contribution is 2.20. The SMILES string of the molecule is CC(NC(=O)C(C)C1CNC1)c1ccc(Br)cc1.Cl. The highest BCUT2D eigenvalue weighted by atomic mass is 79.9. The van der Waals surface area contributed by atoms with E-state index in [2.05, 4.69) is 26.6 Å². The summed E-state index contributed by atoms with van der Waals surface area (Å²) >= 11 is 3.41. The molecule has 1 aliphatic rings. The Bertz CT molecular complexity index is 420. The summed E-state index contributed by atoms with van der Waals surface area (Å²) in [6.07, 6.45) is 0. The molecule has 1 heterocycles. The van der Waals surface area contributed by atoms with Gasteiger partial charge in [-0.3, -0.25) is 4.79 Å². The molecular weight excluding hydrogens is 328 g/mol. The van der Waals surface area contributed by atoms with Gasteiger partial charge in [-0.05, 0) is 43.6 Å². The van der Waals surface area contributed by atoms with Crippen molar-refractivity contribution in [3.63, 3.8) is 0 Å². The predicted molar refractivity (Wildman–Crippen MR) is 83.5 cm³/mol. The number of halogens is 2. The largest absolute Gasteiger partial charge is 0.349 e. The van der Waals surface area contributed by atoms with Gasteiger partial charge in [-0.2, -0.15) is 0 Å². The Kier molecular flexibility index (Phi) is 6.30. The van der Waals surface area contributed by atoms with Crippen molar-refractivity contribution in [3.05, 3.63) is 34.3 Å². The van der Waals surface area contributed by atoms with Crippen LogP contribution in [0.2, 0.25) is 0 Å². The quantitative estimate of drug-likeness (QED) is 0.879. The van der Waals surface area contributed by atoms with Crippen molar-refractivity contribution in [2.24, 2.45) is 11.8 Å². The van der Waals surface area contributed by atoms with Crippen molar-refractivity contribution in [2.75, 3.05) is 13.1 Å². The van der Waals surface area contributed by atoms with E-state index in [1.807, 2.05) is 38.1 Å². The lowest BCUT2D eigenvalue weighted by Gasteiger charge is -2.32. The number of hydrogen-bond acceptors (Lipinski definition) is 2. The summed E-state index contributed by atoms with van der Waals surface area (Å²) in [5.41, 5.74) is 1.13. The summed E-state index contributed by atoms with van der Waals surface area (Å²) in [4.78, 5) is 12.1. The first-order valence-electron chi connectivity index (χ1n) is 6.34. The van der Waals surface area contributed by atoms with Crippen molar-refractivity contribution in [3.8, 4) is 0 Å². The highest BCUT2D eigenvalue weighted by molar-refractivity contribution is 9.10. The van der Waals surface area contributed by atoms with Gasteiger partial charge in [0.15, 0.2) is 0 Å². The van der Waals surface area contributed by atoms with E-state index in [9.17, 15) is 4.79 Å². The third-order valence-electron chi connectivity index (χ3n) is 3.66. The van der Waals surface area contributed by atoms with E-state index in [-0.39, 0.29) is 30.3 Å². The normalized spacial score (nSPS) is 17.8. The molecule has 1 fully saturated rings. The van der Waals surface area contributed by atoms with Gasteiger partial charge in [-0.15, -0.1) is 12.4 Å². The zero-order valence-electron chi connectivity index (χ0n) is 11.2. The average Bonchev–Trinajstić information content (AvgIpc) is 2.27. The van der Waals surface area contributed by atoms with E-state index in [0.717, 1.165) is 23.1 Å². The molecule has 0 radical (unpaired) electrons. The molecule has 1 aromatic rings. The fourth-order valence-electron chi connectivity index (χ4n) is 2.06. The molecule has 2 N–H and O–H groups in total. The van der Waals surface area contributed by atoms with Crippen molar-refractivity contribution < 1.29 is 4.79 Å². The van der Waals surface area contributed by atoms with Gasteiger partial charge in [0.2, 0.25) is 5.91 Å². The molecule has 2 unspecified atom stereocenters. The average molecular weight is 348 g/mol. The van der Waals surface area contributed by atoms with Gasteiger partial charge in [0.1, 0.15) is 0 Å². The lowest BCUT2D eigenvalue weighted by molar-refractivity contribution is -0.127. The van der Waals surface area contributed by atoms with Gasteiger partial charge < -0.3 is 10.6 Å². The molecule has 0 spiro atoms. The van der Waals surface area contributed by atoms with Gasteiger partial charge >= 0.3 is 0 Å². The van der Waals surface area contributed by atoms with Crippen molar-refractivity contribution >= 4 is 34.2 Å². The summed E-state index contributed by atoms with van der Waals surface area (Å²) in [6.45, 7) is 5.95. The second-order valence-corrected chi connectivity index (χ2v) is 5.90. The van der Waals surface area contributed by atoms with Crippen LogP contribution in [-0.4, -0.2) is 19.0 Å². The maximum atomic E-state index is 12.1. The van der Waals surface area contributed by atoms with E-state index < -0.39 is 0 Å². The van der Waals surface area contributed by atoms with E-state index in [0.29, 0.717) is 5.92 Å². The third kappa shape index (κ3) is 4.20. The molecule has 2 atom stereocenters. The number of nitrogens with one attached hydrogen (secondary N) is 2. The van der Waals surface area contributed by atoms with Crippen LogP contribution in [0.1, 0.15) is 25.5 Å². The van der Waals surface area contributed by atoms with Crippen LogP contribution in [0.15, 0.2) is 28.7 Å². The Morgan fingerprint density at radius 1 is 1.32 bits per heavy atom. The minimum Gasteiger partial charge on any atom is -0.349 e. The first-order valence-corrected chi connectivity index (χ1v) is 7.14. The van der Waals surface area contributed by atoms with Crippen LogP contribution in [0.25, 0.3) is 0 Å². The molecule has 5 heteroatoms. The van der Waals surface area contributed by atoms with E-state index in [1.54, 1.807) is 0 Å². The maximum absolute atomic E-state index is 12.1.